The standard InChI is InChI=1S/C32H40N4O8S2/c1-3-35(4-2)19-20-36(18-17-33-16-14-25-12-13-27(37)28-29(25)45-31(39)34-28)30(38)32(43-46(40,41)44-32)22-42-21-15-24-10-7-9-23-8-5-6-11-26(23)24/h5-13,33,37H,3-4,14-22H2,1-2H3,(H,34,39). The van der Waals surface area contributed by atoms with Gasteiger partial charge in [-0.2, -0.15) is 16.8 Å². The molecule has 0 spiro atoms. The molecule has 0 unspecified atom stereocenters. The number of H-pyrrole nitrogens is 1. The third kappa shape index (κ3) is 7.94. The fraction of sp³-hybridized carbons (Fsp3) is 0.438. The average Bonchev–Trinajstić information content (AvgIpc) is 3.44. The molecule has 0 atom stereocenters. The highest BCUT2D eigenvalue weighted by atomic mass is 32.3. The van der Waals surface area contributed by atoms with E-state index in [2.05, 4.69) is 15.2 Å². The number of carbonyl (C=O) groups is 1. The Hall–Kier alpha value is -3.37. The first-order chi connectivity index (χ1) is 22.1. The molecule has 0 aliphatic carbocycles. The SMILES string of the molecule is CCN(CC)CCN(CCNCCc1ccc(O)c2[nH]c(=O)sc12)C(=O)C1(COCCc2cccc3ccccc23)OS(=O)(=O)O1. The van der Waals surface area contributed by atoms with Crippen LogP contribution in [0.25, 0.3) is 21.0 Å². The van der Waals surface area contributed by atoms with Crippen LogP contribution in [0.1, 0.15) is 25.0 Å². The summed E-state index contributed by atoms with van der Waals surface area (Å²) in [4.78, 5) is 31.8. The predicted octanol–water partition coefficient (Wildman–Crippen LogP) is 3.00. The summed E-state index contributed by atoms with van der Waals surface area (Å²) < 4.78 is 40.8. The number of rotatable bonds is 17. The summed E-state index contributed by atoms with van der Waals surface area (Å²) in [5.41, 5.74) is 2.42. The van der Waals surface area contributed by atoms with Crippen molar-refractivity contribution in [1.29, 1.82) is 0 Å². The number of phenols is 1. The highest BCUT2D eigenvalue weighted by Crippen LogP contribution is 2.34. The third-order valence-corrected chi connectivity index (χ3v) is 10.0. The Morgan fingerprint density at radius 2 is 1.74 bits per heavy atom. The van der Waals surface area contributed by atoms with Crippen LogP contribution in [0.15, 0.2) is 59.4 Å². The van der Waals surface area contributed by atoms with Gasteiger partial charge < -0.3 is 29.9 Å². The Bertz CT molecular complexity index is 1800. The zero-order valence-corrected chi connectivity index (χ0v) is 27.6. The van der Waals surface area contributed by atoms with Crippen LogP contribution in [0.3, 0.4) is 0 Å². The number of aromatic hydroxyl groups is 1. The number of aromatic nitrogens is 1. The fourth-order valence-electron chi connectivity index (χ4n) is 5.61. The molecule has 1 aliphatic rings. The maximum atomic E-state index is 13.9. The highest BCUT2D eigenvalue weighted by Gasteiger charge is 2.60. The lowest BCUT2D eigenvalue weighted by Crippen LogP contribution is -2.64. The van der Waals surface area contributed by atoms with Crippen molar-refractivity contribution in [2.24, 2.45) is 0 Å². The molecule has 1 saturated heterocycles. The van der Waals surface area contributed by atoms with Gasteiger partial charge in [-0.15, -0.1) is 0 Å². The van der Waals surface area contributed by atoms with Crippen molar-refractivity contribution in [2.45, 2.75) is 32.5 Å². The third-order valence-electron chi connectivity index (χ3n) is 8.12. The molecular weight excluding hydrogens is 633 g/mol. The number of hydrogen-bond acceptors (Lipinski definition) is 11. The van der Waals surface area contributed by atoms with Gasteiger partial charge in [-0.05, 0) is 60.4 Å². The lowest BCUT2D eigenvalue weighted by molar-refractivity contribution is -0.226. The average molecular weight is 673 g/mol. The van der Waals surface area contributed by atoms with Crippen molar-refractivity contribution in [1.82, 2.24) is 20.1 Å². The second kappa shape index (κ2) is 15.0. The summed E-state index contributed by atoms with van der Waals surface area (Å²) in [7, 11) is -4.30. The van der Waals surface area contributed by atoms with Gasteiger partial charge in [-0.3, -0.25) is 9.59 Å². The normalized spacial score (nSPS) is 15.4. The number of hydrogen-bond donors (Lipinski definition) is 3. The van der Waals surface area contributed by atoms with Crippen LogP contribution < -0.4 is 10.2 Å². The predicted molar refractivity (Wildman–Crippen MR) is 177 cm³/mol. The quantitative estimate of drug-likeness (QED) is 0.143. The monoisotopic (exact) mass is 672 g/mol. The lowest BCUT2D eigenvalue weighted by atomic mass is 10.0. The Kier molecular flexibility index (Phi) is 11.1. The van der Waals surface area contributed by atoms with Gasteiger partial charge in [0.25, 0.3) is 5.91 Å². The molecule has 0 saturated carbocycles. The largest absolute Gasteiger partial charge is 0.506 e. The maximum Gasteiger partial charge on any atom is 0.406 e. The van der Waals surface area contributed by atoms with Gasteiger partial charge in [-0.1, -0.05) is 73.7 Å². The van der Waals surface area contributed by atoms with Crippen LogP contribution in [-0.2, 0) is 41.1 Å². The lowest BCUT2D eigenvalue weighted by Gasteiger charge is -2.40. The molecule has 12 nitrogen and oxygen atoms in total. The number of benzene rings is 3. The van der Waals surface area contributed by atoms with E-state index in [9.17, 15) is 23.1 Å². The number of ether oxygens (including phenoxy) is 1. The molecular formula is C32H40N4O8S2. The molecule has 14 heteroatoms. The van der Waals surface area contributed by atoms with E-state index in [1.807, 2.05) is 56.3 Å². The zero-order chi connectivity index (χ0) is 32.7. The minimum absolute atomic E-state index is 0.0290. The molecule has 3 N–H and O–H groups in total. The molecule has 4 aromatic rings. The van der Waals surface area contributed by atoms with Crippen molar-refractivity contribution in [3.8, 4) is 5.75 Å². The van der Waals surface area contributed by atoms with Crippen LogP contribution in [0.4, 0.5) is 0 Å². The van der Waals surface area contributed by atoms with Gasteiger partial charge in [0.05, 0.1) is 11.3 Å². The van der Waals surface area contributed by atoms with Gasteiger partial charge in [0, 0.05) is 26.2 Å². The summed E-state index contributed by atoms with van der Waals surface area (Å²) in [6.07, 6.45) is 1.15. The molecule has 0 radical (unpaired) electrons. The van der Waals surface area contributed by atoms with Crippen molar-refractivity contribution < 1.29 is 31.4 Å². The van der Waals surface area contributed by atoms with Gasteiger partial charge in [0.2, 0.25) is 0 Å². The number of likely N-dealkylation sites (N-methyl/N-ethyl adjacent to an activating group) is 1. The minimum atomic E-state index is -4.30. The molecule has 0 bridgehead atoms. The molecule has 1 aliphatic heterocycles. The molecule has 5 rings (SSSR count). The van der Waals surface area contributed by atoms with Gasteiger partial charge in [0.15, 0.2) is 0 Å². The Labute approximate surface area is 272 Å². The number of aromatic amines is 1. The summed E-state index contributed by atoms with van der Waals surface area (Å²) in [5, 5.41) is 15.6. The first-order valence-corrected chi connectivity index (χ1v) is 17.6. The molecule has 248 valence electrons. The topological polar surface area (TPSA) is 150 Å². The number of carbonyl (C=O) groups excluding carboxylic acids is 1. The first kappa shape index (κ1) is 34.0. The van der Waals surface area contributed by atoms with Crippen molar-refractivity contribution in [3.05, 3.63) is 75.4 Å². The Balaban J connectivity index is 1.21. The second-order valence-electron chi connectivity index (χ2n) is 11.1. The van der Waals surface area contributed by atoms with Crippen LogP contribution in [0.5, 0.6) is 5.75 Å². The molecule has 1 amide bonds. The number of fused-ring (bicyclic) bond motifs is 2. The van der Waals surface area contributed by atoms with E-state index >= 15 is 0 Å². The van der Waals surface area contributed by atoms with Crippen molar-refractivity contribution in [2.75, 3.05) is 59.0 Å². The van der Waals surface area contributed by atoms with Gasteiger partial charge >= 0.3 is 21.1 Å². The van der Waals surface area contributed by atoms with Crippen LogP contribution in [0, 0.1) is 0 Å². The van der Waals surface area contributed by atoms with E-state index in [4.69, 9.17) is 13.1 Å². The number of amides is 1. The first-order valence-electron chi connectivity index (χ1n) is 15.4. The van der Waals surface area contributed by atoms with E-state index in [1.54, 1.807) is 17.0 Å². The maximum absolute atomic E-state index is 13.9. The van der Waals surface area contributed by atoms with E-state index in [0.717, 1.165) is 46.3 Å². The fourth-order valence-corrected chi connectivity index (χ4v) is 7.41. The summed E-state index contributed by atoms with van der Waals surface area (Å²) in [5.74, 6) is -2.66. The van der Waals surface area contributed by atoms with Crippen molar-refractivity contribution >= 4 is 48.6 Å². The summed E-state index contributed by atoms with van der Waals surface area (Å²) >= 11 is 1.05. The number of nitrogens with one attached hydrogen (secondary N) is 2. The smallest absolute Gasteiger partial charge is 0.406 e. The Morgan fingerprint density at radius 3 is 2.50 bits per heavy atom. The Morgan fingerprint density at radius 1 is 0.978 bits per heavy atom. The second-order valence-corrected chi connectivity index (χ2v) is 13.2. The zero-order valence-electron chi connectivity index (χ0n) is 26.0. The van der Waals surface area contributed by atoms with Crippen LogP contribution in [0.2, 0.25) is 0 Å². The number of phenolic OH excluding ortho intramolecular Hbond substituents is 1. The summed E-state index contributed by atoms with van der Waals surface area (Å²) in [6, 6.07) is 17.4. The molecule has 2 heterocycles. The van der Waals surface area contributed by atoms with E-state index in [1.165, 1.54) is 0 Å². The van der Waals surface area contributed by atoms with Crippen LogP contribution in [-0.4, -0.2) is 99.0 Å². The molecule has 1 aromatic heterocycles. The summed E-state index contributed by atoms with van der Waals surface area (Å²) in [6.45, 7) is 7.69. The van der Waals surface area contributed by atoms with E-state index < -0.39 is 22.1 Å². The number of nitrogens with zero attached hydrogens (tertiary/aromatic N) is 2. The molecule has 3 aromatic carbocycles. The molecule has 46 heavy (non-hydrogen) atoms. The van der Waals surface area contributed by atoms with E-state index in [-0.39, 0.29) is 30.4 Å². The highest BCUT2D eigenvalue weighted by molar-refractivity contribution is 7.83. The minimum Gasteiger partial charge on any atom is -0.506 e. The number of thiazole rings is 1. The van der Waals surface area contributed by atoms with Crippen molar-refractivity contribution in [3.63, 3.8) is 0 Å². The van der Waals surface area contributed by atoms with E-state index in [0.29, 0.717) is 49.2 Å². The van der Waals surface area contributed by atoms with Crippen LogP contribution >= 0.6 is 11.3 Å². The van der Waals surface area contributed by atoms with Gasteiger partial charge in [0.1, 0.15) is 17.9 Å². The van der Waals surface area contributed by atoms with Gasteiger partial charge in [-0.25, -0.2) is 0 Å². The molecule has 1 fully saturated rings.